The predicted octanol–water partition coefficient (Wildman–Crippen LogP) is 1.89. The second-order valence-electron chi connectivity index (χ2n) is 3.84. The molecule has 0 radical (unpaired) electrons. The van der Waals surface area contributed by atoms with Gasteiger partial charge >= 0.3 is 0 Å². The monoisotopic (exact) mass is 294 g/mol. The van der Waals surface area contributed by atoms with E-state index in [0.717, 1.165) is 17.8 Å². The average molecular weight is 294 g/mol. The summed E-state index contributed by atoms with van der Waals surface area (Å²) in [4.78, 5) is 0.981. The molecule has 18 heavy (non-hydrogen) atoms. The predicted molar refractivity (Wildman–Crippen MR) is 72.1 cm³/mol. The smallest absolute Gasteiger partial charge is 0.250 e. The number of hydrogen-bond acceptors (Lipinski definition) is 4. The first kappa shape index (κ1) is 15.6. The summed E-state index contributed by atoms with van der Waals surface area (Å²) in [6.45, 7) is 3.29. The Morgan fingerprint density at radius 1 is 1.33 bits per heavy atom. The van der Waals surface area contributed by atoms with Gasteiger partial charge in [-0.3, -0.25) is 4.39 Å². The van der Waals surface area contributed by atoms with Gasteiger partial charge in [0.05, 0.1) is 6.67 Å². The van der Waals surface area contributed by atoms with Gasteiger partial charge in [0.25, 0.3) is 0 Å². The molecule has 0 amide bonds. The lowest BCUT2D eigenvalue weighted by Gasteiger charge is -2.02. The molecule has 0 aliphatic rings. The largest absolute Gasteiger partial charge is 0.312 e. The van der Waals surface area contributed by atoms with Gasteiger partial charge in [-0.05, 0) is 31.5 Å². The zero-order chi connectivity index (χ0) is 13.4. The Hall–Kier alpha value is -0.500. The first-order valence-electron chi connectivity index (χ1n) is 5.95. The van der Waals surface area contributed by atoms with Crippen LogP contribution in [0.5, 0.6) is 0 Å². The molecule has 4 nitrogen and oxygen atoms in total. The summed E-state index contributed by atoms with van der Waals surface area (Å²) in [6, 6.07) is 3.39. The van der Waals surface area contributed by atoms with Gasteiger partial charge in [-0.1, -0.05) is 6.92 Å². The minimum absolute atomic E-state index is 0.139. The van der Waals surface area contributed by atoms with Gasteiger partial charge in [0.15, 0.2) is 0 Å². The van der Waals surface area contributed by atoms with Crippen molar-refractivity contribution < 1.29 is 12.8 Å². The molecule has 2 N–H and O–H groups in total. The highest BCUT2D eigenvalue weighted by atomic mass is 32.2. The van der Waals surface area contributed by atoms with Gasteiger partial charge in [0, 0.05) is 18.0 Å². The maximum atomic E-state index is 11.9. The Morgan fingerprint density at radius 3 is 2.78 bits per heavy atom. The van der Waals surface area contributed by atoms with Gasteiger partial charge in [-0.15, -0.1) is 11.3 Å². The van der Waals surface area contributed by atoms with Gasteiger partial charge in [-0.25, -0.2) is 13.1 Å². The number of halogens is 1. The van der Waals surface area contributed by atoms with E-state index >= 15 is 0 Å². The molecule has 0 saturated carbocycles. The number of nitrogens with one attached hydrogen (secondary N) is 2. The fourth-order valence-corrected chi connectivity index (χ4v) is 3.77. The molecule has 0 bridgehead atoms. The van der Waals surface area contributed by atoms with Crippen LogP contribution in [0.25, 0.3) is 0 Å². The van der Waals surface area contributed by atoms with Crippen LogP contribution in [-0.4, -0.2) is 28.2 Å². The van der Waals surface area contributed by atoms with Crippen LogP contribution in [0, 0.1) is 0 Å². The highest BCUT2D eigenvalue weighted by Crippen LogP contribution is 2.21. The van der Waals surface area contributed by atoms with Crippen LogP contribution in [0.4, 0.5) is 4.39 Å². The van der Waals surface area contributed by atoms with E-state index in [9.17, 15) is 12.8 Å². The first-order valence-corrected chi connectivity index (χ1v) is 8.25. The van der Waals surface area contributed by atoms with Crippen molar-refractivity contribution in [3.8, 4) is 0 Å². The zero-order valence-corrected chi connectivity index (χ0v) is 12.0. The Morgan fingerprint density at radius 2 is 2.11 bits per heavy atom. The Bertz CT molecular complexity index is 446. The lowest BCUT2D eigenvalue weighted by Crippen LogP contribution is -2.24. The van der Waals surface area contributed by atoms with Crippen molar-refractivity contribution in [1.82, 2.24) is 10.0 Å². The fourth-order valence-electron chi connectivity index (χ4n) is 1.33. The molecular formula is C11H19FN2O2S2. The van der Waals surface area contributed by atoms with E-state index in [4.69, 9.17) is 0 Å². The summed E-state index contributed by atoms with van der Waals surface area (Å²) in [5, 5.41) is 3.21. The van der Waals surface area contributed by atoms with E-state index in [1.54, 1.807) is 12.1 Å². The number of sulfonamides is 1. The van der Waals surface area contributed by atoms with E-state index in [-0.39, 0.29) is 17.2 Å². The molecule has 0 saturated heterocycles. The maximum Gasteiger partial charge on any atom is 0.250 e. The Kier molecular flexibility index (Phi) is 6.77. The van der Waals surface area contributed by atoms with E-state index in [2.05, 4.69) is 17.0 Å². The van der Waals surface area contributed by atoms with Crippen molar-refractivity contribution in [3.63, 3.8) is 0 Å². The van der Waals surface area contributed by atoms with Crippen LogP contribution in [-0.2, 0) is 16.6 Å². The number of thiophene rings is 1. The van der Waals surface area contributed by atoms with E-state index in [1.165, 1.54) is 11.3 Å². The maximum absolute atomic E-state index is 11.9. The molecule has 1 rings (SSSR count). The molecule has 7 heteroatoms. The van der Waals surface area contributed by atoms with E-state index in [0.29, 0.717) is 6.54 Å². The highest BCUT2D eigenvalue weighted by molar-refractivity contribution is 7.91. The van der Waals surface area contributed by atoms with Crippen LogP contribution < -0.4 is 10.0 Å². The second-order valence-corrected chi connectivity index (χ2v) is 7.00. The molecule has 0 aliphatic heterocycles. The average Bonchev–Trinajstić information content (AvgIpc) is 2.79. The van der Waals surface area contributed by atoms with Crippen molar-refractivity contribution >= 4 is 21.4 Å². The first-order chi connectivity index (χ1) is 8.60. The van der Waals surface area contributed by atoms with Crippen LogP contribution in [0.15, 0.2) is 16.3 Å². The molecular weight excluding hydrogens is 275 g/mol. The minimum Gasteiger partial charge on any atom is -0.312 e. The van der Waals surface area contributed by atoms with Crippen LogP contribution in [0.3, 0.4) is 0 Å². The van der Waals surface area contributed by atoms with Gasteiger partial charge in [0.2, 0.25) is 10.0 Å². The van der Waals surface area contributed by atoms with Crippen LogP contribution in [0.1, 0.15) is 24.6 Å². The summed E-state index contributed by atoms with van der Waals surface area (Å²) < 4.78 is 38.2. The Labute approximate surface area is 112 Å². The van der Waals surface area contributed by atoms with Crippen molar-refractivity contribution in [1.29, 1.82) is 0 Å². The molecule has 0 aromatic carbocycles. The summed E-state index contributed by atoms with van der Waals surface area (Å²) in [5.41, 5.74) is 0. The molecule has 0 aliphatic carbocycles. The highest BCUT2D eigenvalue weighted by Gasteiger charge is 2.15. The number of rotatable bonds is 9. The molecule has 0 spiro atoms. The lowest BCUT2D eigenvalue weighted by molar-refractivity contribution is 0.470. The molecule has 1 aromatic heterocycles. The minimum atomic E-state index is -3.47. The summed E-state index contributed by atoms with van der Waals surface area (Å²) >= 11 is 1.24. The summed E-state index contributed by atoms with van der Waals surface area (Å²) in [6.07, 6.45) is 1.25. The van der Waals surface area contributed by atoms with Gasteiger partial charge in [0.1, 0.15) is 4.21 Å². The normalized spacial score (nSPS) is 11.9. The molecule has 104 valence electrons. The number of hydrogen-bond donors (Lipinski definition) is 2. The van der Waals surface area contributed by atoms with Gasteiger partial charge < -0.3 is 5.32 Å². The molecule has 0 atom stereocenters. The Balaban J connectivity index is 2.55. The third-order valence-electron chi connectivity index (χ3n) is 2.23. The summed E-state index contributed by atoms with van der Waals surface area (Å²) in [7, 11) is -3.47. The zero-order valence-electron chi connectivity index (χ0n) is 10.4. The van der Waals surface area contributed by atoms with Crippen LogP contribution >= 0.6 is 11.3 Å². The quantitative estimate of drug-likeness (QED) is 0.684. The van der Waals surface area contributed by atoms with Gasteiger partial charge in [-0.2, -0.15) is 0 Å². The van der Waals surface area contributed by atoms with E-state index < -0.39 is 16.7 Å². The standard InChI is InChI=1S/C11H19FN2O2S2/c1-2-7-13-9-10-4-5-11(17-10)18(15,16)14-8-3-6-12/h4-5,13-14H,2-3,6-9H2,1H3. The summed E-state index contributed by atoms with van der Waals surface area (Å²) in [5.74, 6) is 0. The van der Waals surface area contributed by atoms with Crippen molar-refractivity contribution in [2.45, 2.75) is 30.5 Å². The van der Waals surface area contributed by atoms with Crippen LogP contribution in [0.2, 0.25) is 0 Å². The van der Waals surface area contributed by atoms with Crippen molar-refractivity contribution in [2.75, 3.05) is 19.8 Å². The third kappa shape index (κ3) is 5.01. The molecule has 1 aromatic rings. The van der Waals surface area contributed by atoms with Crippen molar-refractivity contribution in [2.24, 2.45) is 0 Å². The molecule has 0 unspecified atom stereocenters. The third-order valence-corrected chi connectivity index (χ3v) is 5.27. The second kappa shape index (κ2) is 7.83. The van der Waals surface area contributed by atoms with E-state index in [1.807, 2.05) is 0 Å². The molecule has 0 fully saturated rings. The fraction of sp³-hybridized carbons (Fsp3) is 0.636. The lowest BCUT2D eigenvalue weighted by atomic mass is 10.4. The number of alkyl halides is 1. The van der Waals surface area contributed by atoms with Crippen molar-refractivity contribution in [3.05, 3.63) is 17.0 Å². The molecule has 1 heterocycles. The topological polar surface area (TPSA) is 58.2 Å². The SMILES string of the molecule is CCCNCc1ccc(S(=O)(=O)NCCCF)s1.